The molecule has 4 rings (SSSR count). The summed E-state index contributed by atoms with van der Waals surface area (Å²) in [5, 5.41) is 0. The predicted octanol–water partition coefficient (Wildman–Crippen LogP) is 2.52. The lowest BCUT2D eigenvalue weighted by Gasteiger charge is -2.32. The van der Waals surface area contributed by atoms with Gasteiger partial charge in [0.2, 0.25) is 0 Å². The topological polar surface area (TPSA) is 77.4 Å². The number of hydrogen-bond acceptors (Lipinski definition) is 6. The molecule has 7 heteroatoms. The van der Waals surface area contributed by atoms with Crippen molar-refractivity contribution >= 4 is 5.91 Å². The zero-order chi connectivity index (χ0) is 19.2. The molecule has 1 amide bonds. The summed E-state index contributed by atoms with van der Waals surface area (Å²) in [6.07, 6.45) is 6.50. The molecule has 0 aliphatic carbocycles. The Bertz CT molecular complexity index is 904. The fourth-order valence-electron chi connectivity index (χ4n) is 3.02. The van der Waals surface area contributed by atoms with Crippen molar-refractivity contribution in [3.63, 3.8) is 0 Å². The van der Waals surface area contributed by atoms with E-state index < -0.39 is 0 Å². The maximum Gasteiger partial charge on any atom is 0.260 e. The van der Waals surface area contributed by atoms with Crippen LogP contribution in [0.25, 0.3) is 11.1 Å². The second-order valence-electron chi connectivity index (χ2n) is 6.40. The van der Waals surface area contributed by atoms with Crippen LogP contribution in [0.15, 0.2) is 67.4 Å². The van der Waals surface area contributed by atoms with Gasteiger partial charge in [0.05, 0.1) is 18.8 Å². The first-order valence-corrected chi connectivity index (χ1v) is 9.08. The minimum atomic E-state index is -0.254. The Morgan fingerprint density at radius 1 is 1.07 bits per heavy atom. The van der Waals surface area contributed by atoms with Gasteiger partial charge in [-0.15, -0.1) is 0 Å². The normalized spacial score (nSPS) is 16.6. The Labute approximate surface area is 163 Å². The molecule has 142 valence electrons. The third-order valence-corrected chi connectivity index (χ3v) is 4.53. The summed E-state index contributed by atoms with van der Waals surface area (Å²) in [7, 11) is 0. The first-order chi connectivity index (χ1) is 13.8. The van der Waals surface area contributed by atoms with Crippen LogP contribution in [0, 0.1) is 0 Å². The molecule has 7 nitrogen and oxygen atoms in total. The van der Waals surface area contributed by atoms with Crippen molar-refractivity contribution in [3.8, 4) is 16.9 Å². The van der Waals surface area contributed by atoms with Crippen molar-refractivity contribution in [2.24, 2.45) is 0 Å². The second-order valence-corrected chi connectivity index (χ2v) is 6.40. The third-order valence-electron chi connectivity index (χ3n) is 4.53. The van der Waals surface area contributed by atoms with Crippen molar-refractivity contribution in [1.82, 2.24) is 19.9 Å². The number of hydrogen-bond donors (Lipinski definition) is 0. The molecule has 28 heavy (non-hydrogen) atoms. The second kappa shape index (κ2) is 8.58. The van der Waals surface area contributed by atoms with Gasteiger partial charge in [0.25, 0.3) is 5.91 Å². The number of rotatable bonds is 5. The zero-order valence-corrected chi connectivity index (χ0v) is 15.3. The molecule has 1 aliphatic rings. The van der Waals surface area contributed by atoms with Gasteiger partial charge in [0, 0.05) is 36.3 Å². The zero-order valence-electron chi connectivity index (χ0n) is 15.3. The molecule has 3 heterocycles. The standard InChI is InChI=1S/C21H20N4O3/c26-21(14-28-18-4-2-1-3-5-18)25-8-9-27-20(13-25)19-7-6-16(12-24-19)17-10-22-15-23-11-17/h1-7,10-12,15,20H,8-9,13-14H2. The molecule has 1 fully saturated rings. The quantitative estimate of drug-likeness (QED) is 0.681. The number of pyridine rings is 1. The predicted molar refractivity (Wildman–Crippen MR) is 102 cm³/mol. The van der Waals surface area contributed by atoms with Crippen molar-refractivity contribution in [2.45, 2.75) is 6.10 Å². The van der Waals surface area contributed by atoms with Gasteiger partial charge in [-0.05, 0) is 18.2 Å². The van der Waals surface area contributed by atoms with Crippen LogP contribution in [0.1, 0.15) is 11.8 Å². The molecular weight excluding hydrogens is 356 g/mol. The summed E-state index contributed by atoms with van der Waals surface area (Å²) in [6.45, 7) is 1.49. The van der Waals surface area contributed by atoms with Crippen LogP contribution in [-0.4, -0.2) is 52.1 Å². The lowest BCUT2D eigenvalue weighted by Crippen LogP contribution is -2.44. The molecule has 1 saturated heterocycles. The van der Waals surface area contributed by atoms with E-state index in [-0.39, 0.29) is 18.6 Å². The monoisotopic (exact) mass is 376 g/mol. The molecule has 1 aromatic carbocycles. The smallest absolute Gasteiger partial charge is 0.260 e. The van der Waals surface area contributed by atoms with Gasteiger partial charge in [-0.2, -0.15) is 0 Å². The fraction of sp³-hybridized carbons (Fsp3) is 0.238. The maximum absolute atomic E-state index is 12.5. The molecule has 0 N–H and O–H groups in total. The Morgan fingerprint density at radius 3 is 2.64 bits per heavy atom. The van der Waals surface area contributed by atoms with E-state index in [1.54, 1.807) is 23.5 Å². The van der Waals surface area contributed by atoms with Crippen LogP contribution in [0.4, 0.5) is 0 Å². The van der Waals surface area contributed by atoms with Gasteiger partial charge >= 0.3 is 0 Å². The number of carbonyl (C=O) groups is 1. The number of para-hydroxylation sites is 1. The van der Waals surface area contributed by atoms with E-state index in [1.807, 2.05) is 42.5 Å². The molecule has 1 aliphatic heterocycles. The van der Waals surface area contributed by atoms with Gasteiger partial charge in [-0.25, -0.2) is 9.97 Å². The molecule has 2 aromatic heterocycles. The molecule has 0 radical (unpaired) electrons. The summed E-state index contributed by atoms with van der Waals surface area (Å²) in [5.74, 6) is 0.623. The molecule has 1 atom stereocenters. The number of nitrogens with zero attached hydrogens (tertiary/aromatic N) is 4. The van der Waals surface area contributed by atoms with Crippen LogP contribution in [-0.2, 0) is 9.53 Å². The van der Waals surface area contributed by atoms with E-state index in [0.717, 1.165) is 16.8 Å². The number of amides is 1. The number of aromatic nitrogens is 3. The summed E-state index contributed by atoms with van der Waals surface area (Å²) >= 11 is 0. The van der Waals surface area contributed by atoms with E-state index in [4.69, 9.17) is 9.47 Å². The van der Waals surface area contributed by atoms with E-state index >= 15 is 0 Å². The third kappa shape index (κ3) is 4.32. The Balaban J connectivity index is 1.37. The highest BCUT2D eigenvalue weighted by atomic mass is 16.5. The van der Waals surface area contributed by atoms with Gasteiger partial charge < -0.3 is 14.4 Å². The van der Waals surface area contributed by atoms with Crippen LogP contribution in [0.5, 0.6) is 5.75 Å². The van der Waals surface area contributed by atoms with Crippen molar-refractivity contribution in [2.75, 3.05) is 26.3 Å². The van der Waals surface area contributed by atoms with E-state index in [2.05, 4.69) is 15.0 Å². The number of carbonyl (C=O) groups excluding carboxylic acids is 1. The van der Waals surface area contributed by atoms with Crippen LogP contribution >= 0.6 is 0 Å². The lowest BCUT2D eigenvalue weighted by atomic mass is 10.1. The molecule has 1 unspecified atom stereocenters. The first kappa shape index (κ1) is 18.1. The molecule has 0 spiro atoms. The van der Waals surface area contributed by atoms with Gasteiger partial charge in [0.1, 0.15) is 18.2 Å². The number of ether oxygens (including phenoxy) is 2. The highest BCUT2D eigenvalue weighted by Crippen LogP contribution is 2.23. The molecule has 3 aromatic rings. The maximum atomic E-state index is 12.5. The van der Waals surface area contributed by atoms with Crippen molar-refractivity contribution < 1.29 is 14.3 Å². The Morgan fingerprint density at radius 2 is 1.89 bits per heavy atom. The molecule has 0 bridgehead atoms. The largest absolute Gasteiger partial charge is 0.484 e. The van der Waals surface area contributed by atoms with E-state index in [9.17, 15) is 4.79 Å². The van der Waals surface area contributed by atoms with Crippen molar-refractivity contribution in [1.29, 1.82) is 0 Å². The van der Waals surface area contributed by atoms with E-state index in [1.165, 1.54) is 6.33 Å². The van der Waals surface area contributed by atoms with E-state index in [0.29, 0.717) is 25.4 Å². The van der Waals surface area contributed by atoms with Gasteiger partial charge in [-0.1, -0.05) is 24.3 Å². The molecule has 0 saturated carbocycles. The summed E-state index contributed by atoms with van der Waals surface area (Å²) in [6, 6.07) is 13.2. The van der Waals surface area contributed by atoms with Crippen LogP contribution in [0.3, 0.4) is 0 Å². The Hall–Kier alpha value is -3.32. The highest BCUT2D eigenvalue weighted by molar-refractivity contribution is 5.78. The fourth-order valence-corrected chi connectivity index (χ4v) is 3.02. The number of benzene rings is 1. The minimum Gasteiger partial charge on any atom is -0.484 e. The van der Waals surface area contributed by atoms with Crippen LogP contribution in [0.2, 0.25) is 0 Å². The van der Waals surface area contributed by atoms with Crippen molar-refractivity contribution in [3.05, 3.63) is 73.1 Å². The minimum absolute atomic E-state index is 0.0110. The average molecular weight is 376 g/mol. The summed E-state index contributed by atoms with van der Waals surface area (Å²) in [4.78, 5) is 26.8. The van der Waals surface area contributed by atoms with Gasteiger partial charge in [0.15, 0.2) is 6.61 Å². The lowest BCUT2D eigenvalue weighted by molar-refractivity contribution is -0.141. The SMILES string of the molecule is O=C(COc1ccccc1)N1CCOC(c2ccc(-c3cncnc3)cn2)C1. The number of morpholine rings is 1. The summed E-state index contributed by atoms with van der Waals surface area (Å²) < 4.78 is 11.4. The highest BCUT2D eigenvalue weighted by Gasteiger charge is 2.26. The first-order valence-electron chi connectivity index (χ1n) is 9.08. The Kier molecular flexibility index (Phi) is 5.53. The summed E-state index contributed by atoms with van der Waals surface area (Å²) in [5.41, 5.74) is 2.63. The van der Waals surface area contributed by atoms with Crippen LogP contribution < -0.4 is 4.74 Å². The van der Waals surface area contributed by atoms with Gasteiger partial charge in [-0.3, -0.25) is 9.78 Å². The average Bonchev–Trinajstić information content (AvgIpc) is 2.79. The molecular formula is C21H20N4O3.